The number of ether oxygens (including phenoxy) is 1. The van der Waals surface area contributed by atoms with Crippen LogP contribution >= 0.6 is 0 Å². The van der Waals surface area contributed by atoms with Crippen LogP contribution in [0.3, 0.4) is 0 Å². The summed E-state index contributed by atoms with van der Waals surface area (Å²) in [5.41, 5.74) is -0.143. The van der Waals surface area contributed by atoms with Crippen LogP contribution in [0, 0.1) is 5.41 Å². The first-order chi connectivity index (χ1) is 8.51. The predicted octanol–water partition coefficient (Wildman–Crippen LogP) is 3.27. The fraction of sp³-hybridized carbons (Fsp3) is 0.714. The first-order valence-electron chi connectivity index (χ1n) is 6.85. The number of hydrogen-bond donors (Lipinski definition) is 1. The van der Waals surface area contributed by atoms with Crippen molar-refractivity contribution in [3.63, 3.8) is 0 Å². The van der Waals surface area contributed by atoms with Crippen LogP contribution in [0.1, 0.15) is 34.6 Å². The van der Waals surface area contributed by atoms with E-state index in [-0.39, 0.29) is 23.5 Å². The summed E-state index contributed by atoms with van der Waals surface area (Å²) in [6.45, 7) is 14.9. The van der Waals surface area contributed by atoms with Crippen molar-refractivity contribution in [1.82, 2.24) is 0 Å². The van der Waals surface area contributed by atoms with Crippen molar-refractivity contribution >= 4 is 20.0 Å². The zero-order valence-electron chi connectivity index (χ0n) is 13.2. The Morgan fingerprint density at radius 1 is 1.37 bits per heavy atom. The Balaban J connectivity index is 4.51. The van der Waals surface area contributed by atoms with Gasteiger partial charge in [-0.05, 0) is 0 Å². The van der Waals surface area contributed by atoms with Crippen LogP contribution in [0.2, 0.25) is 18.1 Å². The van der Waals surface area contributed by atoms with Crippen molar-refractivity contribution in [1.29, 1.82) is 5.41 Å². The van der Waals surface area contributed by atoms with E-state index in [1.807, 2.05) is 6.92 Å². The van der Waals surface area contributed by atoms with Gasteiger partial charge in [0.25, 0.3) is 0 Å². The first kappa shape index (κ1) is 18.1. The maximum atomic E-state index is 11.3. The Hall–Kier alpha value is -0.943. The molecule has 0 saturated carbocycles. The van der Waals surface area contributed by atoms with Crippen LogP contribution in [0.15, 0.2) is 12.2 Å². The molecule has 1 atom stereocenters. The van der Waals surface area contributed by atoms with E-state index in [0.717, 1.165) is 0 Å². The van der Waals surface area contributed by atoms with Crippen molar-refractivity contribution in [3.05, 3.63) is 12.2 Å². The first-order valence-corrected chi connectivity index (χ1v) is 10.2. The molecule has 112 valence electrons. The minimum absolute atomic E-state index is 0.103. The molecule has 0 unspecified atom stereocenters. The zero-order chi connectivity index (χ0) is 15.3. The van der Waals surface area contributed by atoms with Crippen molar-refractivity contribution in [2.24, 2.45) is 0 Å². The van der Waals surface area contributed by atoms with Gasteiger partial charge in [-0.25, -0.2) is 0 Å². The molecule has 0 bridgehead atoms. The van der Waals surface area contributed by atoms with E-state index in [4.69, 9.17) is 14.6 Å². The molecule has 0 amide bonds. The monoisotopic (exact) mass is 286 g/mol. The third kappa shape index (κ3) is 6.16. The van der Waals surface area contributed by atoms with Gasteiger partial charge in [0.1, 0.15) is 0 Å². The number of esters is 1. The second kappa shape index (κ2) is 7.00. The van der Waals surface area contributed by atoms with Crippen LogP contribution in [0.5, 0.6) is 0 Å². The van der Waals surface area contributed by atoms with Gasteiger partial charge >= 0.3 is 117 Å². The Morgan fingerprint density at radius 3 is 2.32 bits per heavy atom. The van der Waals surface area contributed by atoms with Crippen molar-refractivity contribution in [2.45, 2.75) is 58.9 Å². The van der Waals surface area contributed by atoms with Gasteiger partial charge in [0, 0.05) is 0 Å². The molecule has 0 spiro atoms. The van der Waals surface area contributed by atoms with Crippen LogP contribution in [0.4, 0.5) is 0 Å². The summed E-state index contributed by atoms with van der Waals surface area (Å²) in [5, 5.41) is 7.71. The van der Waals surface area contributed by atoms with Gasteiger partial charge < -0.3 is 0 Å². The molecule has 5 heteroatoms. The minimum atomic E-state index is -2.12. The van der Waals surface area contributed by atoms with E-state index in [1.54, 1.807) is 13.0 Å². The van der Waals surface area contributed by atoms with Gasteiger partial charge in [0.05, 0.1) is 0 Å². The van der Waals surface area contributed by atoms with Crippen LogP contribution in [-0.4, -0.2) is 32.7 Å². The summed E-state index contributed by atoms with van der Waals surface area (Å²) < 4.78 is 10.9. The Morgan fingerprint density at radius 2 is 1.89 bits per heavy atom. The van der Waals surface area contributed by atoms with E-state index in [9.17, 15) is 4.79 Å². The van der Waals surface area contributed by atoms with E-state index >= 15 is 0 Å². The summed E-state index contributed by atoms with van der Waals surface area (Å²) in [7, 11) is -2.12. The molecule has 1 N–H and O–H groups in total. The van der Waals surface area contributed by atoms with Gasteiger partial charge in [-0.2, -0.15) is 0 Å². The predicted molar refractivity (Wildman–Crippen MR) is 82.6 cm³/mol. The molecular formula is C14H28NO3Si-. The van der Waals surface area contributed by atoms with E-state index in [2.05, 4.69) is 33.9 Å². The molecule has 0 aromatic rings. The van der Waals surface area contributed by atoms with Crippen LogP contribution in [-0.2, 0) is 14.0 Å². The molecule has 0 saturated heterocycles. The van der Waals surface area contributed by atoms with Crippen molar-refractivity contribution < 1.29 is 14.0 Å². The molecular weight excluding hydrogens is 258 g/mol. The second-order valence-corrected chi connectivity index (χ2v) is 11.9. The quantitative estimate of drug-likeness (QED) is 0.463. The molecule has 0 fully saturated rings. The average molecular weight is 286 g/mol. The summed E-state index contributed by atoms with van der Waals surface area (Å²) in [5.74, 6) is -0.597. The van der Waals surface area contributed by atoms with E-state index < -0.39 is 14.3 Å². The summed E-state index contributed by atoms with van der Waals surface area (Å²) in [6.07, 6.45) is 3.10. The van der Waals surface area contributed by atoms with Gasteiger partial charge in [-0.3, -0.25) is 0 Å². The molecule has 19 heavy (non-hydrogen) atoms. The zero-order valence-corrected chi connectivity index (χ0v) is 14.4. The van der Waals surface area contributed by atoms with Gasteiger partial charge in [0.15, 0.2) is 0 Å². The number of carbonyl (C=O) groups excluding carboxylic acids is 1. The molecule has 0 aromatic carbocycles. The number of nitrogens with one attached hydrogen (secondary N) is 1. The molecule has 0 aliphatic heterocycles. The average Bonchev–Trinajstić information content (AvgIpc) is 2.24. The molecule has 0 aromatic heterocycles. The number of rotatable bonds is 6. The molecule has 0 aliphatic carbocycles. The Kier molecular flexibility index (Phi) is 6.66. The summed E-state index contributed by atoms with van der Waals surface area (Å²) >= 11 is 0. The van der Waals surface area contributed by atoms with Gasteiger partial charge in [0.2, 0.25) is 0 Å². The molecule has 0 heterocycles. The topological polar surface area (TPSA) is 59.4 Å². The van der Waals surface area contributed by atoms with Gasteiger partial charge in [-0.1, -0.05) is 0 Å². The Bertz CT molecular complexity index is 356. The van der Waals surface area contributed by atoms with Gasteiger partial charge in [-0.15, -0.1) is 0 Å². The summed E-state index contributed by atoms with van der Waals surface area (Å²) in [4.78, 5) is 11.3. The fourth-order valence-corrected chi connectivity index (χ4v) is 2.87. The fourth-order valence-electron chi connectivity index (χ4n) is 1.29. The standard InChI is InChI=1S/C14H28NO3Si/c1-8-17-13(16)12(15)10-9-11(2)18-19(6,7)14(3,4)5/h9-11,15,19H,8H2,1-7H3/q-1/b10-9+,15-12?/t11-/m1/s1. The normalized spacial score (nSPS) is 15.3. The van der Waals surface area contributed by atoms with Crippen molar-refractivity contribution in [3.8, 4) is 0 Å². The molecule has 0 rings (SSSR count). The maximum absolute atomic E-state index is 11.3. The molecule has 4 nitrogen and oxygen atoms in total. The number of carbonyl (C=O) groups is 1. The molecule has 0 radical (unpaired) electrons. The van der Waals surface area contributed by atoms with Crippen LogP contribution < -0.4 is 0 Å². The van der Waals surface area contributed by atoms with Crippen LogP contribution in [0.25, 0.3) is 0 Å². The third-order valence-corrected chi connectivity index (χ3v) is 8.95. The number of hydrogen-bond acceptors (Lipinski definition) is 4. The van der Waals surface area contributed by atoms with Crippen molar-refractivity contribution in [2.75, 3.05) is 6.61 Å². The summed E-state index contributed by atoms with van der Waals surface area (Å²) in [6, 6.07) is 0. The second-order valence-electron chi connectivity index (χ2n) is 6.44. The van der Waals surface area contributed by atoms with E-state index in [1.165, 1.54) is 6.08 Å². The SMILES string of the molecule is CCOC(=O)C(=N)/C=C/[C@@H](C)O[SiH-](C)(C)C(C)(C)C. The molecule has 0 aliphatic rings. The third-order valence-electron chi connectivity index (χ3n) is 3.67. The Labute approximate surface area is 117 Å². The van der Waals surface area contributed by atoms with E-state index in [0.29, 0.717) is 0 Å².